The highest BCUT2D eigenvalue weighted by molar-refractivity contribution is 6.30. The maximum atomic E-state index is 12.3. The van der Waals surface area contributed by atoms with Gasteiger partial charge in [0.2, 0.25) is 0 Å². The monoisotopic (exact) mass is 272 g/mol. The van der Waals surface area contributed by atoms with Crippen molar-refractivity contribution in [3.63, 3.8) is 0 Å². The molecule has 0 saturated heterocycles. The molecule has 0 spiro atoms. The molecule has 0 radical (unpaired) electrons. The lowest BCUT2D eigenvalue weighted by atomic mass is 10.4. The van der Waals surface area contributed by atoms with Gasteiger partial charge >= 0.3 is 6.18 Å². The molecule has 0 aromatic carbocycles. The van der Waals surface area contributed by atoms with E-state index >= 15 is 0 Å². The normalized spacial score (nSPS) is 11.6. The molecule has 1 rings (SSSR count). The van der Waals surface area contributed by atoms with Gasteiger partial charge in [-0.25, -0.2) is 4.98 Å². The number of nitrogens with zero attached hydrogens (tertiary/aromatic N) is 2. The third-order valence-corrected chi connectivity index (χ3v) is 2.15. The summed E-state index contributed by atoms with van der Waals surface area (Å²) in [5, 5.41) is 0.376. The van der Waals surface area contributed by atoms with Crippen molar-refractivity contribution in [2.75, 3.05) is 23.9 Å². The van der Waals surface area contributed by atoms with Crippen molar-refractivity contribution in [3.8, 4) is 0 Å². The second kappa shape index (κ2) is 5.59. The number of pyridine rings is 1. The topological polar surface area (TPSA) is 16.1 Å². The zero-order chi connectivity index (χ0) is 12.2. The number of alkyl halides is 4. The Morgan fingerprint density at radius 3 is 2.44 bits per heavy atom. The lowest BCUT2D eigenvalue weighted by Crippen LogP contribution is -2.36. The van der Waals surface area contributed by atoms with Crippen LogP contribution in [0.5, 0.6) is 0 Å². The average molecular weight is 273 g/mol. The van der Waals surface area contributed by atoms with E-state index in [4.69, 9.17) is 23.2 Å². The molecular weight excluding hydrogens is 264 g/mol. The molecule has 0 amide bonds. The molecular formula is C9H9Cl2F3N2. The highest BCUT2D eigenvalue weighted by Crippen LogP contribution is 2.21. The predicted octanol–water partition coefficient (Wildman–Crippen LogP) is 3.34. The van der Waals surface area contributed by atoms with E-state index in [9.17, 15) is 13.2 Å². The summed E-state index contributed by atoms with van der Waals surface area (Å²) in [5.74, 6) is 0.308. The molecule has 0 N–H and O–H groups in total. The lowest BCUT2D eigenvalue weighted by Gasteiger charge is -2.23. The van der Waals surface area contributed by atoms with Crippen LogP contribution in [0.3, 0.4) is 0 Å². The Labute approximate surface area is 101 Å². The zero-order valence-corrected chi connectivity index (χ0v) is 9.65. The van der Waals surface area contributed by atoms with Crippen molar-refractivity contribution in [2.45, 2.75) is 6.18 Å². The van der Waals surface area contributed by atoms with E-state index in [1.54, 1.807) is 0 Å². The minimum Gasteiger partial charge on any atom is -0.346 e. The van der Waals surface area contributed by atoms with Crippen molar-refractivity contribution in [2.24, 2.45) is 0 Å². The minimum atomic E-state index is -4.28. The van der Waals surface area contributed by atoms with Gasteiger partial charge in [0.05, 0.1) is 5.02 Å². The van der Waals surface area contributed by atoms with Gasteiger partial charge in [0.25, 0.3) is 0 Å². The molecule has 1 heterocycles. The maximum absolute atomic E-state index is 12.3. The quantitative estimate of drug-likeness (QED) is 0.782. The summed E-state index contributed by atoms with van der Waals surface area (Å²) in [6.07, 6.45) is -2.98. The van der Waals surface area contributed by atoms with Gasteiger partial charge in [-0.3, -0.25) is 0 Å². The molecule has 0 bridgehead atoms. The zero-order valence-electron chi connectivity index (χ0n) is 8.14. The van der Waals surface area contributed by atoms with Crippen molar-refractivity contribution in [1.82, 2.24) is 4.98 Å². The van der Waals surface area contributed by atoms with E-state index in [2.05, 4.69) is 4.98 Å². The van der Waals surface area contributed by atoms with Crippen LogP contribution < -0.4 is 4.90 Å². The molecule has 7 heteroatoms. The molecule has 0 aliphatic rings. The van der Waals surface area contributed by atoms with Crippen LogP contribution >= 0.6 is 23.2 Å². The smallest absolute Gasteiger partial charge is 0.346 e. The molecule has 0 aliphatic carbocycles. The number of anilines is 1. The molecule has 1 aromatic heterocycles. The van der Waals surface area contributed by atoms with Gasteiger partial charge in [0, 0.05) is 18.6 Å². The Bertz CT molecular complexity index is 327. The van der Waals surface area contributed by atoms with E-state index in [0.717, 1.165) is 4.90 Å². The van der Waals surface area contributed by atoms with Crippen molar-refractivity contribution < 1.29 is 13.2 Å². The van der Waals surface area contributed by atoms with Crippen LogP contribution in [0.2, 0.25) is 5.02 Å². The Balaban J connectivity index is 2.80. The summed E-state index contributed by atoms with van der Waals surface area (Å²) >= 11 is 11.0. The van der Waals surface area contributed by atoms with Gasteiger partial charge in [-0.05, 0) is 12.1 Å². The number of halogens is 5. The first-order valence-corrected chi connectivity index (χ1v) is 5.33. The van der Waals surface area contributed by atoms with E-state index < -0.39 is 12.7 Å². The molecule has 16 heavy (non-hydrogen) atoms. The lowest BCUT2D eigenvalue weighted by molar-refractivity contribution is -0.119. The van der Waals surface area contributed by atoms with E-state index in [-0.39, 0.29) is 18.2 Å². The fourth-order valence-electron chi connectivity index (χ4n) is 1.15. The molecule has 90 valence electrons. The Morgan fingerprint density at radius 2 is 2.00 bits per heavy atom. The molecule has 0 unspecified atom stereocenters. The summed E-state index contributed by atoms with van der Waals surface area (Å²) in [4.78, 5) is 4.88. The third kappa shape index (κ3) is 4.45. The van der Waals surface area contributed by atoms with E-state index in [1.165, 1.54) is 18.3 Å². The van der Waals surface area contributed by atoms with Gasteiger partial charge < -0.3 is 4.90 Å². The van der Waals surface area contributed by atoms with Crippen LogP contribution in [0.15, 0.2) is 18.3 Å². The number of aromatic nitrogens is 1. The molecule has 0 fully saturated rings. The minimum absolute atomic E-state index is 0.0791. The van der Waals surface area contributed by atoms with Crippen molar-refractivity contribution in [1.29, 1.82) is 0 Å². The van der Waals surface area contributed by atoms with E-state index in [0.29, 0.717) is 5.02 Å². The van der Waals surface area contributed by atoms with Gasteiger partial charge in [0.1, 0.15) is 12.4 Å². The molecule has 2 nitrogen and oxygen atoms in total. The summed E-state index contributed by atoms with van der Waals surface area (Å²) in [6.45, 7) is -0.996. The van der Waals surface area contributed by atoms with Crippen LogP contribution in [0.1, 0.15) is 0 Å². The second-order valence-corrected chi connectivity index (χ2v) is 3.87. The second-order valence-electron chi connectivity index (χ2n) is 3.06. The number of hydrogen-bond acceptors (Lipinski definition) is 2. The predicted molar refractivity (Wildman–Crippen MR) is 58.2 cm³/mol. The summed E-state index contributed by atoms with van der Waals surface area (Å²) < 4.78 is 36.8. The summed E-state index contributed by atoms with van der Waals surface area (Å²) in [6, 6.07) is 2.92. The van der Waals surface area contributed by atoms with Crippen LogP contribution in [0.4, 0.5) is 19.0 Å². The van der Waals surface area contributed by atoms with Gasteiger partial charge in [-0.15, -0.1) is 11.6 Å². The van der Waals surface area contributed by atoms with Gasteiger partial charge in [-0.1, -0.05) is 11.6 Å². The van der Waals surface area contributed by atoms with Crippen LogP contribution in [-0.2, 0) is 0 Å². The highest BCUT2D eigenvalue weighted by atomic mass is 35.5. The van der Waals surface area contributed by atoms with Crippen molar-refractivity contribution in [3.05, 3.63) is 23.4 Å². The van der Waals surface area contributed by atoms with Crippen molar-refractivity contribution >= 4 is 29.0 Å². The fourth-order valence-corrected chi connectivity index (χ4v) is 1.46. The fraction of sp³-hybridized carbons (Fsp3) is 0.444. The maximum Gasteiger partial charge on any atom is 0.405 e. The summed E-state index contributed by atoms with van der Waals surface area (Å²) in [7, 11) is 0. The SMILES string of the molecule is FC(F)(F)CN(CCCl)c1ccc(Cl)cn1. The molecule has 0 aliphatic heterocycles. The van der Waals surface area contributed by atoms with Gasteiger partial charge in [0.15, 0.2) is 0 Å². The van der Waals surface area contributed by atoms with Crippen LogP contribution in [0, 0.1) is 0 Å². The number of hydrogen-bond donors (Lipinski definition) is 0. The first kappa shape index (κ1) is 13.4. The third-order valence-electron chi connectivity index (χ3n) is 1.76. The Morgan fingerprint density at radius 1 is 1.31 bits per heavy atom. The van der Waals surface area contributed by atoms with Gasteiger partial charge in [-0.2, -0.15) is 13.2 Å². The Kier molecular flexibility index (Phi) is 4.68. The Hall–Kier alpha value is -0.680. The first-order valence-electron chi connectivity index (χ1n) is 4.41. The van der Waals surface area contributed by atoms with Crippen LogP contribution in [-0.4, -0.2) is 30.1 Å². The largest absolute Gasteiger partial charge is 0.405 e. The molecule has 0 saturated carbocycles. The summed E-state index contributed by atoms with van der Waals surface area (Å²) in [5.41, 5.74) is 0. The van der Waals surface area contributed by atoms with E-state index in [1.807, 2.05) is 0 Å². The number of rotatable bonds is 4. The highest BCUT2D eigenvalue weighted by Gasteiger charge is 2.31. The molecule has 0 atom stereocenters. The first-order chi connectivity index (χ1) is 7.42. The standard InChI is InChI=1S/C9H9Cl2F3N2/c10-3-4-16(6-9(12,13)14)8-2-1-7(11)5-15-8/h1-2,5H,3-4,6H2. The van der Waals surface area contributed by atoms with Crippen LogP contribution in [0.25, 0.3) is 0 Å². The average Bonchev–Trinajstić information content (AvgIpc) is 2.16. The molecule has 1 aromatic rings.